The molecule has 182 valence electrons. The molecule has 1 saturated heterocycles. The molecule has 1 aromatic carbocycles. The Morgan fingerprint density at radius 2 is 1.88 bits per heavy atom. The summed E-state index contributed by atoms with van der Waals surface area (Å²) in [6.07, 6.45) is -4.72. The molecular weight excluding hydrogens is 436 g/mol. The molecule has 0 bridgehead atoms. The van der Waals surface area contributed by atoms with E-state index in [9.17, 15) is 24.9 Å². The van der Waals surface area contributed by atoms with Crippen molar-refractivity contribution in [1.29, 1.82) is 0 Å². The summed E-state index contributed by atoms with van der Waals surface area (Å²) in [5, 5.41) is 31.6. The Hall–Kier alpha value is -2.66. The second-order valence-electron chi connectivity index (χ2n) is 9.02. The number of ether oxygens (including phenoxy) is 4. The summed E-state index contributed by atoms with van der Waals surface area (Å²) in [4.78, 5) is 24.7. The van der Waals surface area contributed by atoms with Gasteiger partial charge in [-0.15, -0.1) is 0 Å². The van der Waals surface area contributed by atoms with Crippen LogP contribution in [-0.4, -0.2) is 65.2 Å². The molecule has 2 heterocycles. The van der Waals surface area contributed by atoms with Crippen LogP contribution in [0.2, 0.25) is 0 Å². The van der Waals surface area contributed by atoms with Crippen molar-refractivity contribution in [2.45, 2.75) is 64.8 Å². The average Bonchev–Trinajstić information content (AvgIpc) is 2.72. The molecule has 1 fully saturated rings. The molecule has 3 N–H and O–H groups in total. The largest absolute Gasteiger partial charge is 0.506 e. The lowest BCUT2D eigenvalue weighted by atomic mass is 9.89. The number of carbonyl (C=O) groups excluding carboxylic acids is 1. The lowest BCUT2D eigenvalue weighted by Gasteiger charge is -2.46. The maximum absolute atomic E-state index is 12.5. The number of fused-ring (bicyclic) bond motifs is 1. The van der Waals surface area contributed by atoms with Crippen LogP contribution in [0.5, 0.6) is 11.5 Å². The Morgan fingerprint density at radius 3 is 2.48 bits per heavy atom. The molecule has 0 amide bonds. The van der Waals surface area contributed by atoms with Gasteiger partial charge in [-0.2, -0.15) is 0 Å². The monoisotopic (exact) mass is 466 g/mol. The van der Waals surface area contributed by atoms with E-state index in [4.69, 9.17) is 23.4 Å². The van der Waals surface area contributed by atoms with Crippen molar-refractivity contribution in [3.8, 4) is 11.5 Å². The first kappa shape index (κ1) is 25.0. The molecule has 1 aliphatic heterocycles. The average molecular weight is 466 g/mol. The van der Waals surface area contributed by atoms with E-state index in [-0.39, 0.29) is 29.2 Å². The van der Waals surface area contributed by atoms with Gasteiger partial charge in [-0.1, -0.05) is 13.8 Å². The third-order valence-corrected chi connectivity index (χ3v) is 5.54. The topological polar surface area (TPSA) is 145 Å². The smallest absolute Gasteiger partial charge is 0.354 e. The first-order chi connectivity index (χ1) is 15.4. The van der Waals surface area contributed by atoms with E-state index < -0.39 is 53.1 Å². The zero-order chi connectivity index (χ0) is 24.7. The number of carbonyl (C=O) groups is 1. The highest BCUT2D eigenvalue weighted by Gasteiger charge is 2.50. The van der Waals surface area contributed by atoms with Gasteiger partial charge in [0.05, 0.1) is 17.6 Å². The van der Waals surface area contributed by atoms with Crippen LogP contribution in [0.15, 0.2) is 21.3 Å². The molecule has 0 spiro atoms. The Kier molecular flexibility index (Phi) is 7.04. The SMILES string of the molecule is CO[C@@H]1[C@@H](O)[C@@H](O)[C@H](Oc2ccc3c(O)c(C(=O)OCC(C)C)c(=O)oc3c2C)OC1(C)C. The molecule has 0 aliphatic carbocycles. The number of aryl methyl sites for hydroxylation is 1. The second-order valence-corrected chi connectivity index (χ2v) is 9.02. The maximum Gasteiger partial charge on any atom is 0.354 e. The van der Waals surface area contributed by atoms with Gasteiger partial charge in [0.15, 0.2) is 5.56 Å². The van der Waals surface area contributed by atoms with Gasteiger partial charge in [-0.3, -0.25) is 0 Å². The van der Waals surface area contributed by atoms with E-state index in [0.717, 1.165) is 0 Å². The lowest BCUT2D eigenvalue weighted by molar-refractivity contribution is -0.306. The number of rotatable bonds is 6. The van der Waals surface area contributed by atoms with Gasteiger partial charge in [-0.25, -0.2) is 9.59 Å². The molecule has 33 heavy (non-hydrogen) atoms. The predicted octanol–water partition coefficient (Wildman–Crippen LogP) is 1.87. The first-order valence-corrected chi connectivity index (χ1v) is 10.6. The van der Waals surface area contributed by atoms with Crippen LogP contribution < -0.4 is 10.4 Å². The number of esters is 1. The molecule has 0 radical (unpaired) electrons. The number of aliphatic hydroxyl groups is 2. The molecular formula is C23H30O10. The highest BCUT2D eigenvalue weighted by Crippen LogP contribution is 2.37. The van der Waals surface area contributed by atoms with Crippen molar-refractivity contribution >= 4 is 16.9 Å². The number of hydrogen-bond acceptors (Lipinski definition) is 10. The van der Waals surface area contributed by atoms with Crippen LogP contribution in [0.1, 0.15) is 43.6 Å². The fourth-order valence-electron chi connectivity index (χ4n) is 3.82. The predicted molar refractivity (Wildman–Crippen MR) is 116 cm³/mol. The summed E-state index contributed by atoms with van der Waals surface area (Å²) in [5.74, 6) is -1.30. The van der Waals surface area contributed by atoms with E-state index in [1.165, 1.54) is 19.2 Å². The second kappa shape index (κ2) is 9.30. The van der Waals surface area contributed by atoms with Crippen molar-refractivity contribution in [2.24, 2.45) is 5.92 Å². The minimum absolute atomic E-state index is 0.00437. The zero-order valence-electron chi connectivity index (χ0n) is 19.4. The lowest BCUT2D eigenvalue weighted by Crippen LogP contribution is -2.63. The molecule has 2 aromatic rings. The molecule has 10 heteroatoms. The van der Waals surface area contributed by atoms with Crippen LogP contribution in [0, 0.1) is 12.8 Å². The van der Waals surface area contributed by atoms with E-state index in [0.29, 0.717) is 5.56 Å². The van der Waals surface area contributed by atoms with Crippen molar-refractivity contribution < 1.29 is 43.5 Å². The van der Waals surface area contributed by atoms with Crippen molar-refractivity contribution in [1.82, 2.24) is 0 Å². The summed E-state index contributed by atoms with van der Waals surface area (Å²) in [7, 11) is 1.40. The third-order valence-electron chi connectivity index (χ3n) is 5.54. The summed E-state index contributed by atoms with van der Waals surface area (Å²) >= 11 is 0. The molecule has 3 rings (SSSR count). The van der Waals surface area contributed by atoms with E-state index in [1.807, 2.05) is 13.8 Å². The van der Waals surface area contributed by atoms with Gasteiger partial charge in [0.25, 0.3) is 0 Å². The summed E-state index contributed by atoms with van der Waals surface area (Å²) < 4.78 is 27.2. The van der Waals surface area contributed by atoms with Gasteiger partial charge in [-0.05, 0) is 38.8 Å². The van der Waals surface area contributed by atoms with Gasteiger partial charge in [0.1, 0.15) is 35.4 Å². The van der Waals surface area contributed by atoms with E-state index >= 15 is 0 Å². The van der Waals surface area contributed by atoms with Gasteiger partial charge in [0, 0.05) is 12.7 Å². The van der Waals surface area contributed by atoms with E-state index in [2.05, 4.69) is 0 Å². The first-order valence-electron chi connectivity index (χ1n) is 10.6. The minimum atomic E-state index is -1.42. The highest BCUT2D eigenvalue weighted by molar-refractivity contribution is 5.99. The number of benzene rings is 1. The van der Waals surface area contributed by atoms with Crippen LogP contribution in [0.25, 0.3) is 11.0 Å². The number of hydrogen-bond donors (Lipinski definition) is 3. The maximum atomic E-state index is 12.5. The standard InChI is InChI=1S/C23H30O10/c1-10(2)9-30-20(27)14-15(24)12-7-8-13(11(3)18(12)32-21(14)28)31-22-17(26)16(25)19(29-6)23(4,5)33-22/h7-8,10,16-17,19,22,24-26H,9H2,1-6H3/t16-,17+,19+,22+/m0/s1. The van der Waals surface area contributed by atoms with Gasteiger partial charge >= 0.3 is 11.6 Å². The molecule has 1 aromatic heterocycles. The van der Waals surface area contributed by atoms with Gasteiger partial charge in [0.2, 0.25) is 6.29 Å². The quantitative estimate of drug-likeness (QED) is 0.426. The number of methoxy groups -OCH3 is 1. The van der Waals surface area contributed by atoms with E-state index in [1.54, 1.807) is 20.8 Å². The Labute approximate surface area is 190 Å². The van der Waals surface area contributed by atoms with Crippen molar-refractivity contribution in [3.05, 3.63) is 33.7 Å². The molecule has 4 atom stereocenters. The molecule has 0 saturated carbocycles. The van der Waals surface area contributed by atoms with Crippen LogP contribution in [0.4, 0.5) is 0 Å². The fourth-order valence-corrected chi connectivity index (χ4v) is 3.82. The highest BCUT2D eigenvalue weighted by atomic mass is 16.7. The molecule has 10 nitrogen and oxygen atoms in total. The van der Waals surface area contributed by atoms with Crippen LogP contribution >= 0.6 is 0 Å². The Bertz CT molecular complexity index is 1090. The molecule has 0 unspecified atom stereocenters. The number of aromatic hydroxyl groups is 1. The normalized spacial score (nSPS) is 24.8. The van der Waals surface area contributed by atoms with Crippen LogP contribution in [-0.2, 0) is 14.2 Å². The zero-order valence-corrected chi connectivity index (χ0v) is 19.4. The van der Waals surface area contributed by atoms with Crippen LogP contribution in [0.3, 0.4) is 0 Å². The van der Waals surface area contributed by atoms with Crippen molar-refractivity contribution in [2.75, 3.05) is 13.7 Å². The van der Waals surface area contributed by atoms with Gasteiger partial charge < -0.3 is 38.7 Å². The molecule has 1 aliphatic rings. The summed E-state index contributed by atoms with van der Waals surface area (Å²) in [6.45, 7) is 8.71. The summed E-state index contributed by atoms with van der Waals surface area (Å²) in [6, 6.07) is 2.88. The van der Waals surface area contributed by atoms with Crippen molar-refractivity contribution in [3.63, 3.8) is 0 Å². The Morgan fingerprint density at radius 1 is 1.21 bits per heavy atom. The summed E-state index contributed by atoms with van der Waals surface area (Å²) in [5.41, 5.74) is -2.30. The Balaban J connectivity index is 1.95. The third kappa shape index (κ3) is 4.70. The fraction of sp³-hybridized carbons (Fsp3) is 0.565. The number of aliphatic hydroxyl groups excluding tert-OH is 2. The minimum Gasteiger partial charge on any atom is -0.506 e.